The Hall–Kier alpha value is -1.50. The molecule has 1 atom stereocenters. The maximum atomic E-state index is 12.4. The fourth-order valence-electron chi connectivity index (χ4n) is 1.79. The van der Waals surface area contributed by atoms with Crippen LogP contribution in [0.5, 0.6) is 5.75 Å². The number of hydrogen-bond donors (Lipinski definition) is 0. The van der Waals surface area contributed by atoms with Crippen molar-refractivity contribution >= 4 is 23.3 Å². The number of benzene rings is 1. The van der Waals surface area contributed by atoms with Crippen molar-refractivity contribution in [2.45, 2.75) is 17.2 Å². The van der Waals surface area contributed by atoms with Crippen molar-refractivity contribution in [3.8, 4) is 5.75 Å². The first-order chi connectivity index (χ1) is 8.84. The second-order valence-corrected chi connectivity index (χ2v) is 5.03. The van der Waals surface area contributed by atoms with Crippen molar-refractivity contribution in [1.29, 1.82) is 0 Å². The number of carbonyl (C=O) groups is 2. The zero-order valence-electron chi connectivity index (χ0n) is 9.78. The Morgan fingerprint density at radius 3 is 2.68 bits per heavy atom. The SMILES string of the molecule is COc1ccc2c(c1)CSC(C(=O)C(F)(F)F)C2=O. The van der Waals surface area contributed by atoms with Gasteiger partial charge in [0.05, 0.1) is 7.11 Å². The van der Waals surface area contributed by atoms with Gasteiger partial charge in [-0.3, -0.25) is 9.59 Å². The quantitative estimate of drug-likeness (QED) is 0.785. The third-order valence-electron chi connectivity index (χ3n) is 2.74. The van der Waals surface area contributed by atoms with Crippen molar-refractivity contribution in [2.75, 3.05) is 7.11 Å². The molecule has 0 radical (unpaired) electrons. The van der Waals surface area contributed by atoms with E-state index in [4.69, 9.17) is 4.74 Å². The third kappa shape index (κ3) is 2.60. The normalized spacial score (nSPS) is 18.9. The average Bonchev–Trinajstić information content (AvgIpc) is 2.37. The number of rotatable bonds is 2. The molecular formula is C12H9F3O3S. The molecule has 1 aliphatic heterocycles. The van der Waals surface area contributed by atoms with Crippen molar-refractivity contribution in [1.82, 2.24) is 0 Å². The van der Waals surface area contributed by atoms with E-state index in [1.807, 2.05) is 0 Å². The van der Waals surface area contributed by atoms with Gasteiger partial charge in [-0.25, -0.2) is 0 Å². The van der Waals surface area contributed by atoms with E-state index >= 15 is 0 Å². The Morgan fingerprint density at radius 2 is 2.11 bits per heavy atom. The van der Waals surface area contributed by atoms with E-state index in [-0.39, 0.29) is 11.3 Å². The molecule has 0 saturated heterocycles. The smallest absolute Gasteiger partial charge is 0.451 e. The largest absolute Gasteiger partial charge is 0.497 e. The van der Waals surface area contributed by atoms with Gasteiger partial charge in [-0.2, -0.15) is 13.2 Å². The number of ether oxygens (including phenoxy) is 1. The number of halogens is 3. The Morgan fingerprint density at radius 1 is 1.42 bits per heavy atom. The summed E-state index contributed by atoms with van der Waals surface area (Å²) in [6.07, 6.45) is -4.99. The van der Waals surface area contributed by atoms with Gasteiger partial charge in [-0.1, -0.05) is 0 Å². The molecule has 0 bridgehead atoms. The summed E-state index contributed by atoms with van der Waals surface area (Å²) in [5, 5.41) is -1.69. The fraction of sp³-hybridized carbons (Fsp3) is 0.333. The Bertz CT molecular complexity index is 540. The molecule has 102 valence electrons. The fourth-order valence-corrected chi connectivity index (χ4v) is 2.94. The second kappa shape index (κ2) is 4.88. The van der Waals surface area contributed by atoms with Crippen LogP contribution in [0.2, 0.25) is 0 Å². The van der Waals surface area contributed by atoms with E-state index in [9.17, 15) is 22.8 Å². The molecule has 0 amide bonds. The molecule has 0 saturated carbocycles. The zero-order chi connectivity index (χ0) is 14.2. The summed E-state index contributed by atoms with van der Waals surface area (Å²) in [6.45, 7) is 0. The lowest BCUT2D eigenvalue weighted by atomic mass is 9.99. The van der Waals surface area contributed by atoms with Crippen LogP contribution in [0.1, 0.15) is 15.9 Å². The highest BCUT2D eigenvalue weighted by molar-refractivity contribution is 8.00. The maximum absolute atomic E-state index is 12.4. The molecule has 0 aromatic heterocycles. The van der Waals surface area contributed by atoms with E-state index in [1.54, 1.807) is 6.07 Å². The zero-order valence-corrected chi connectivity index (χ0v) is 10.6. The number of thioether (sulfide) groups is 1. The number of hydrogen-bond acceptors (Lipinski definition) is 4. The van der Waals surface area contributed by atoms with Crippen LogP contribution in [-0.2, 0) is 10.5 Å². The van der Waals surface area contributed by atoms with E-state index < -0.39 is 23.0 Å². The Kier molecular flexibility index (Phi) is 3.58. The predicted octanol–water partition coefficient (Wildman–Crippen LogP) is 2.62. The number of carbonyl (C=O) groups excluding carboxylic acids is 2. The van der Waals surface area contributed by atoms with Crippen molar-refractivity contribution in [3.63, 3.8) is 0 Å². The topological polar surface area (TPSA) is 43.4 Å². The third-order valence-corrected chi connectivity index (χ3v) is 3.98. The summed E-state index contributed by atoms with van der Waals surface area (Å²) < 4.78 is 42.1. The van der Waals surface area contributed by atoms with Crippen LogP contribution < -0.4 is 4.74 Å². The van der Waals surface area contributed by atoms with Crippen LogP contribution in [0.15, 0.2) is 18.2 Å². The summed E-state index contributed by atoms with van der Waals surface area (Å²) in [5.41, 5.74) is 0.739. The van der Waals surface area contributed by atoms with E-state index in [2.05, 4.69) is 0 Å². The van der Waals surface area contributed by atoms with E-state index in [1.165, 1.54) is 19.2 Å². The molecule has 3 nitrogen and oxygen atoms in total. The monoisotopic (exact) mass is 290 g/mol. The molecule has 1 aromatic carbocycles. The van der Waals surface area contributed by atoms with Gasteiger partial charge >= 0.3 is 6.18 Å². The van der Waals surface area contributed by atoms with E-state index in [0.717, 1.165) is 0 Å². The van der Waals surface area contributed by atoms with Crippen LogP contribution in [0.4, 0.5) is 13.2 Å². The van der Waals surface area contributed by atoms with Crippen LogP contribution >= 0.6 is 11.8 Å². The second-order valence-electron chi connectivity index (χ2n) is 3.94. The molecule has 1 heterocycles. The van der Waals surface area contributed by atoms with Crippen molar-refractivity contribution in [3.05, 3.63) is 29.3 Å². The predicted molar refractivity (Wildman–Crippen MR) is 63.5 cm³/mol. The molecule has 2 rings (SSSR count). The molecule has 1 unspecified atom stereocenters. The molecule has 1 aromatic rings. The number of methoxy groups -OCH3 is 1. The van der Waals surface area contributed by atoms with Crippen LogP contribution in [0, 0.1) is 0 Å². The lowest BCUT2D eigenvalue weighted by molar-refractivity contribution is -0.169. The van der Waals surface area contributed by atoms with Gasteiger partial charge < -0.3 is 4.74 Å². The van der Waals surface area contributed by atoms with Gasteiger partial charge in [0.2, 0.25) is 0 Å². The van der Waals surface area contributed by atoms with Crippen LogP contribution in [0.25, 0.3) is 0 Å². The van der Waals surface area contributed by atoms with Gasteiger partial charge in [0.1, 0.15) is 11.0 Å². The van der Waals surface area contributed by atoms with Gasteiger partial charge in [0, 0.05) is 11.3 Å². The van der Waals surface area contributed by atoms with Crippen molar-refractivity contribution in [2.24, 2.45) is 0 Å². The molecule has 1 aliphatic rings. The number of Topliss-reactive ketones (excluding diaryl/α,β-unsaturated/α-hetero) is 2. The first-order valence-corrected chi connectivity index (χ1v) is 6.33. The number of fused-ring (bicyclic) bond motifs is 1. The molecule has 0 spiro atoms. The summed E-state index contributed by atoms with van der Waals surface area (Å²) in [7, 11) is 1.45. The minimum Gasteiger partial charge on any atom is -0.497 e. The first kappa shape index (κ1) is 13.9. The van der Waals surface area contributed by atoms with Crippen LogP contribution in [0.3, 0.4) is 0 Å². The Balaban J connectivity index is 2.33. The average molecular weight is 290 g/mol. The standard InChI is InChI=1S/C12H9F3O3S/c1-18-7-2-3-8-6(4-7)5-19-10(9(8)16)11(17)12(13,14)15/h2-4,10H,5H2,1H3. The molecule has 0 N–H and O–H groups in total. The number of alkyl halides is 3. The highest BCUT2D eigenvalue weighted by Gasteiger charge is 2.48. The van der Waals surface area contributed by atoms with Gasteiger partial charge in [-0.05, 0) is 23.8 Å². The maximum Gasteiger partial charge on any atom is 0.451 e. The van der Waals surface area contributed by atoms with Crippen LogP contribution in [-0.4, -0.2) is 30.1 Å². The summed E-state index contributed by atoms with van der Waals surface area (Å²) >= 11 is 0.694. The highest BCUT2D eigenvalue weighted by Crippen LogP contribution is 2.35. The summed E-state index contributed by atoms with van der Waals surface area (Å²) in [4.78, 5) is 23.1. The molecule has 7 heteroatoms. The molecular weight excluding hydrogens is 281 g/mol. The molecule has 19 heavy (non-hydrogen) atoms. The lowest BCUT2D eigenvalue weighted by Crippen LogP contribution is -2.39. The van der Waals surface area contributed by atoms with E-state index in [0.29, 0.717) is 23.1 Å². The minimum absolute atomic E-state index is 0.155. The highest BCUT2D eigenvalue weighted by atomic mass is 32.2. The molecule has 0 fully saturated rings. The first-order valence-electron chi connectivity index (χ1n) is 5.28. The van der Waals surface area contributed by atoms with Gasteiger partial charge in [-0.15, -0.1) is 11.8 Å². The summed E-state index contributed by atoms with van der Waals surface area (Å²) in [5.74, 6) is -2.10. The Labute approximate surface area is 111 Å². The summed E-state index contributed by atoms with van der Waals surface area (Å²) in [6, 6.07) is 4.48. The minimum atomic E-state index is -4.99. The lowest BCUT2D eigenvalue weighted by Gasteiger charge is -2.23. The molecule has 0 aliphatic carbocycles. The van der Waals surface area contributed by atoms with Gasteiger partial charge in [0.15, 0.2) is 5.78 Å². The van der Waals surface area contributed by atoms with Crippen molar-refractivity contribution < 1.29 is 27.5 Å². The van der Waals surface area contributed by atoms with Gasteiger partial charge in [0.25, 0.3) is 5.78 Å². The number of ketones is 2.